The molecule has 2 aromatic carbocycles. The summed E-state index contributed by atoms with van der Waals surface area (Å²) in [5, 5.41) is 10.2. The Morgan fingerprint density at radius 1 is 0.884 bits per heavy atom. The van der Waals surface area contributed by atoms with Gasteiger partial charge in [-0.05, 0) is 86.1 Å². The van der Waals surface area contributed by atoms with Crippen LogP contribution in [0.15, 0.2) is 77.3 Å². The zero-order valence-electron chi connectivity index (χ0n) is 24.4. The SMILES string of the molecule is COC(=O)C1=C(C(=O)OC)N(c2ccc(C(=O)OCC34CC5CC(CC(C5)C3)C4)cc2)C(N)=C(C#N)C1c1ccccc1. The first-order valence-electron chi connectivity index (χ1n) is 14.7. The highest BCUT2D eigenvalue weighted by atomic mass is 16.5. The fraction of sp³-hybridized carbons (Fsp3) is 0.412. The Labute approximate surface area is 250 Å². The number of esters is 3. The van der Waals surface area contributed by atoms with E-state index in [0.717, 1.165) is 37.0 Å². The zero-order chi connectivity index (χ0) is 30.3. The molecule has 5 aliphatic rings. The van der Waals surface area contributed by atoms with E-state index in [2.05, 4.69) is 6.07 Å². The second-order valence-electron chi connectivity index (χ2n) is 12.4. The second kappa shape index (κ2) is 11.3. The third-order valence-electron chi connectivity index (χ3n) is 9.65. The van der Waals surface area contributed by atoms with E-state index in [1.54, 1.807) is 54.6 Å². The first kappa shape index (κ1) is 28.5. The fourth-order valence-corrected chi connectivity index (χ4v) is 8.30. The van der Waals surface area contributed by atoms with Crippen LogP contribution >= 0.6 is 0 Å². The van der Waals surface area contributed by atoms with Crippen molar-refractivity contribution in [2.24, 2.45) is 28.9 Å². The van der Waals surface area contributed by atoms with Gasteiger partial charge in [0.1, 0.15) is 11.5 Å². The van der Waals surface area contributed by atoms with Crippen LogP contribution in [-0.2, 0) is 23.8 Å². The summed E-state index contributed by atoms with van der Waals surface area (Å²) in [7, 11) is 2.40. The minimum Gasteiger partial charge on any atom is -0.466 e. The van der Waals surface area contributed by atoms with Crippen LogP contribution in [0.5, 0.6) is 0 Å². The van der Waals surface area contributed by atoms with Gasteiger partial charge < -0.3 is 19.9 Å². The maximum Gasteiger partial charge on any atom is 0.355 e. The summed E-state index contributed by atoms with van der Waals surface area (Å²) in [6.07, 6.45) is 7.39. The van der Waals surface area contributed by atoms with Crippen molar-refractivity contribution in [3.63, 3.8) is 0 Å². The smallest absolute Gasteiger partial charge is 0.355 e. The highest BCUT2D eigenvalue weighted by molar-refractivity contribution is 6.06. The molecule has 1 aliphatic heterocycles. The van der Waals surface area contributed by atoms with Crippen LogP contribution < -0.4 is 10.6 Å². The lowest BCUT2D eigenvalue weighted by molar-refractivity contribution is -0.139. The van der Waals surface area contributed by atoms with E-state index in [-0.39, 0.29) is 28.1 Å². The van der Waals surface area contributed by atoms with Gasteiger partial charge in [-0.2, -0.15) is 5.26 Å². The number of ether oxygens (including phenoxy) is 3. The summed E-state index contributed by atoms with van der Waals surface area (Å²) in [4.78, 5) is 40.9. The summed E-state index contributed by atoms with van der Waals surface area (Å²) >= 11 is 0. The molecular weight excluding hydrogens is 546 g/mol. The number of nitrogens with two attached hydrogens (primary N) is 1. The monoisotopic (exact) mass is 581 g/mol. The van der Waals surface area contributed by atoms with E-state index in [4.69, 9.17) is 19.9 Å². The van der Waals surface area contributed by atoms with Gasteiger partial charge in [-0.1, -0.05) is 30.3 Å². The Morgan fingerprint density at radius 2 is 1.47 bits per heavy atom. The maximum absolute atomic E-state index is 13.3. The molecule has 0 saturated heterocycles. The number of carbonyl (C=O) groups is 3. The van der Waals surface area contributed by atoms with Crippen molar-refractivity contribution in [3.8, 4) is 6.07 Å². The number of allylic oxidation sites excluding steroid dienone is 1. The number of carbonyl (C=O) groups excluding carboxylic acids is 3. The largest absolute Gasteiger partial charge is 0.466 e. The Hall–Kier alpha value is -4.58. The first-order valence-corrected chi connectivity index (χ1v) is 14.7. The lowest BCUT2D eigenvalue weighted by Gasteiger charge is -2.56. The molecule has 2 N–H and O–H groups in total. The fourth-order valence-electron chi connectivity index (χ4n) is 8.30. The van der Waals surface area contributed by atoms with E-state index in [1.165, 1.54) is 38.4 Å². The molecule has 0 amide bonds. The zero-order valence-corrected chi connectivity index (χ0v) is 24.4. The van der Waals surface area contributed by atoms with Gasteiger partial charge >= 0.3 is 17.9 Å². The van der Waals surface area contributed by atoms with Crippen molar-refractivity contribution in [2.75, 3.05) is 25.7 Å². The van der Waals surface area contributed by atoms with Crippen molar-refractivity contribution >= 4 is 23.6 Å². The highest BCUT2D eigenvalue weighted by Crippen LogP contribution is 2.60. The number of anilines is 1. The minimum absolute atomic E-state index is 0.0402. The summed E-state index contributed by atoms with van der Waals surface area (Å²) in [6, 6.07) is 17.3. The average Bonchev–Trinajstić information content (AvgIpc) is 3.02. The molecule has 4 saturated carbocycles. The van der Waals surface area contributed by atoms with Crippen LogP contribution in [0.2, 0.25) is 0 Å². The van der Waals surface area contributed by atoms with Gasteiger partial charge in [0.15, 0.2) is 0 Å². The van der Waals surface area contributed by atoms with E-state index in [0.29, 0.717) is 23.4 Å². The van der Waals surface area contributed by atoms with E-state index in [1.807, 2.05) is 0 Å². The number of nitriles is 1. The molecule has 4 bridgehead atoms. The third-order valence-corrected chi connectivity index (χ3v) is 9.65. The van der Waals surface area contributed by atoms with Crippen LogP contribution in [0.4, 0.5) is 5.69 Å². The lowest BCUT2D eigenvalue weighted by atomic mass is 9.50. The number of hydrogen-bond donors (Lipinski definition) is 1. The Bertz CT molecular complexity index is 1520. The summed E-state index contributed by atoms with van der Waals surface area (Å²) in [5.41, 5.74) is 7.78. The molecule has 1 atom stereocenters. The summed E-state index contributed by atoms with van der Waals surface area (Å²) in [6.45, 7) is 0.434. The normalized spacial score (nSPS) is 27.5. The van der Waals surface area contributed by atoms with E-state index in [9.17, 15) is 19.6 Å². The molecule has 9 nitrogen and oxygen atoms in total. The Balaban J connectivity index is 1.31. The molecule has 9 heteroatoms. The topological polar surface area (TPSA) is 132 Å². The predicted octanol–water partition coefficient (Wildman–Crippen LogP) is 4.96. The maximum atomic E-state index is 13.3. The van der Waals surface area contributed by atoms with Gasteiger partial charge in [0.25, 0.3) is 0 Å². The number of hydrogen-bond acceptors (Lipinski definition) is 9. The first-order chi connectivity index (χ1) is 20.8. The molecule has 2 aromatic rings. The molecule has 0 radical (unpaired) electrons. The molecule has 7 rings (SSSR count). The van der Waals surface area contributed by atoms with Crippen molar-refractivity contribution in [2.45, 2.75) is 44.4 Å². The predicted molar refractivity (Wildman–Crippen MR) is 157 cm³/mol. The summed E-state index contributed by atoms with van der Waals surface area (Å²) < 4.78 is 16.0. The molecule has 1 unspecified atom stereocenters. The van der Waals surface area contributed by atoms with Gasteiger partial charge in [-0.3, -0.25) is 4.90 Å². The molecule has 222 valence electrons. The van der Waals surface area contributed by atoms with Crippen molar-refractivity contribution in [1.29, 1.82) is 5.26 Å². The molecule has 4 fully saturated rings. The van der Waals surface area contributed by atoms with Crippen molar-refractivity contribution < 1.29 is 28.6 Å². The molecule has 0 spiro atoms. The van der Waals surface area contributed by atoms with Gasteiger partial charge in [0, 0.05) is 11.1 Å². The van der Waals surface area contributed by atoms with Gasteiger partial charge in [-0.15, -0.1) is 0 Å². The van der Waals surface area contributed by atoms with Gasteiger partial charge in [-0.25, -0.2) is 14.4 Å². The number of rotatable bonds is 7. The van der Waals surface area contributed by atoms with Crippen molar-refractivity contribution in [3.05, 3.63) is 88.4 Å². The average molecular weight is 582 g/mol. The van der Waals surface area contributed by atoms with Crippen LogP contribution in [0.3, 0.4) is 0 Å². The number of nitrogens with zero attached hydrogens (tertiary/aromatic N) is 2. The molecule has 1 heterocycles. The summed E-state index contributed by atoms with van der Waals surface area (Å²) in [5.74, 6) is -0.753. The quantitative estimate of drug-likeness (QED) is 0.356. The second-order valence-corrected chi connectivity index (χ2v) is 12.4. The standard InChI is InChI=1S/C34H35N3O6/c1-41-32(39)28-27(23-6-4-3-5-7-23)26(18-35)30(36)37(29(28)33(40)42-2)25-10-8-24(9-11-25)31(38)43-19-34-15-20-12-21(16-34)14-22(13-20)17-34/h3-11,20-22,27H,12-17,19,36H2,1-2H3. The Kier molecular flexibility index (Phi) is 7.47. The Morgan fingerprint density at radius 3 is 2.00 bits per heavy atom. The third kappa shape index (κ3) is 5.05. The molecule has 4 aliphatic carbocycles. The van der Waals surface area contributed by atoms with Gasteiger partial charge in [0.05, 0.1) is 49.5 Å². The van der Waals surface area contributed by atoms with E-state index < -0.39 is 23.8 Å². The van der Waals surface area contributed by atoms with Crippen LogP contribution in [0, 0.1) is 34.5 Å². The van der Waals surface area contributed by atoms with E-state index >= 15 is 0 Å². The van der Waals surface area contributed by atoms with Crippen LogP contribution in [-0.4, -0.2) is 38.7 Å². The van der Waals surface area contributed by atoms with Crippen LogP contribution in [0.25, 0.3) is 0 Å². The van der Waals surface area contributed by atoms with Gasteiger partial charge in [0.2, 0.25) is 0 Å². The molecular formula is C34H35N3O6. The number of benzene rings is 2. The molecule has 0 aromatic heterocycles. The van der Waals surface area contributed by atoms with Crippen LogP contribution in [0.1, 0.15) is 60.4 Å². The molecule has 43 heavy (non-hydrogen) atoms. The lowest BCUT2D eigenvalue weighted by Crippen LogP contribution is -2.48. The highest BCUT2D eigenvalue weighted by Gasteiger charge is 2.51. The minimum atomic E-state index is -0.956. The van der Waals surface area contributed by atoms with Crippen molar-refractivity contribution in [1.82, 2.24) is 0 Å². The number of methoxy groups -OCH3 is 2.